The van der Waals surface area contributed by atoms with Crippen LogP contribution in [0.25, 0.3) is 0 Å². The van der Waals surface area contributed by atoms with Crippen molar-refractivity contribution in [2.75, 3.05) is 40.5 Å². The Morgan fingerprint density at radius 3 is 2.38 bits per heavy atom. The zero-order chi connectivity index (χ0) is 24.2. The molecule has 2 fully saturated rings. The minimum Gasteiger partial charge on any atom is -0.497 e. The van der Waals surface area contributed by atoms with Crippen LogP contribution in [0.4, 0.5) is 4.79 Å². The van der Waals surface area contributed by atoms with Crippen LogP contribution in [0.5, 0.6) is 5.75 Å². The molecule has 1 atom stereocenters. The van der Waals surface area contributed by atoms with Crippen LogP contribution in [0.3, 0.4) is 0 Å². The highest BCUT2D eigenvalue weighted by Gasteiger charge is 2.31. The Kier molecular flexibility index (Phi) is 6.78. The molecule has 5 amide bonds. The highest BCUT2D eigenvalue weighted by Crippen LogP contribution is 2.25. The molecule has 0 aliphatic carbocycles. The van der Waals surface area contributed by atoms with Crippen molar-refractivity contribution in [1.82, 2.24) is 20.4 Å². The van der Waals surface area contributed by atoms with Crippen LogP contribution in [-0.4, -0.2) is 74.0 Å². The monoisotopic (exact) mass is 466 g/mol. The van der Waals surface area contributed by atoms with Gasteiger partial charge in [0.2, 0.25) is 0 Å². The number of fused-ring (bicyclic) bond motifs is 1. The van der Waals surface area contributed by atoms with E-state index in [2.05, 4.69) is 10.6 Å². The number of morpholine rings is 1. The standard InChI is InChI=1S/C14H15N3O4.C10H11NO2/c18-12-11(15-14(20)16-12)9-1-3-10(4-2-9)13(19)17-5-7-21-8-6-17;1-11-6-7-3-4-8(13-2)5-9(7)10(11)12/h1-4,11H,5-8H2,(H2,15,16,18,20);3-5H,6H2,1-2H3. The van der Waals surface area contributed by atoms with E-state index in [4.69, 9.17) is 9.47 Å². The van der Waals surface area contributed by atoms with Crippen molar-refractivity contribution in [3.05, 3.63) is 64.7 Å². The first kappa shape index (κ1) is 23.2. The van der Waals surface area contributed by atoms with Crippen LogP contribution in [-0.2, 0) is 16.1 Å². The Hall–Kier alpha value is -3.92. The molecule has 1 unspecified atom stereocenters. The van der Waals surface area contributed by atoms with Crippen LogP contribution in [0.1, 0.15) is 37.9 Å². The van der Waals surface area contributed by atoms with Crippen LogP contribution in [0, 0.1) is 0 Å². The molecule has 0 spiro atoms. The molecule has 0 saturated carbocycles. The number of amides is 5. The highest BCUT2D eigenvalue weighted by molar-refractivity contribution is 6.04. The number of hydrogen-bond donors (Lipinski definition) is 2. The molecule has 3 aliphatic heterocycles. The molecule has 34 heavy (non-hydrogen) atoms. The van der Waals surface area contributed by atoms with Crippen molar-refractivity contribution in [3.8, 4) is 5.75 Å². The van der Waals surface area contributed by atoms with Crippen LogP contribution < -0.4 is 15.4 Å². The topological polar surface area (TPSA) is 117 Å². The number of carbonyl (C=O) groups is 4. The van der Waals surface area contributed by atoms with Gasteiger partial charge in [-0.25, -0.2) is 4.79 Å². The van der Waals surface area contributed by atoms with E-state index in [9.17, 15) is 19.2 Å². The van der Waals surface area contributed by atoms with Gasteiger partial charge in [0.1, 0.15) is 11.8 Å². The summed E-state index contributed by atoms with van der Waals surface area (Å²) in [5, 5.41) is 4.70. The van der Waals surface area contributed by atoms with Gasteiger partial charge in [0.15, 0.2) is 0 Å². The summed E-state index contributed by atoms with van der Waals surface area (Å²) < 4.78 is 10.3. The minimum atomic E-state index is -0.690. The Morgan fingerprint density at radius 2 is 1.76 bits per heavy atom. The largest absolute Gasteiger partial charge is 0.497 e. The zero-order valence-corrected chi connectivity index (χ0v) is 19.0. The molecule has 2 aromatic carbocycles. The van der Waals surface area contributed by atoms with Crippen molar-refractivity contribution >= 4 is 23.8 Å². The number of nitrogens with zero attached hydrogens (tertiary/aromatic N) is 2. The average molecular weight is 466 g/mol. The molecule has 3 heterocycles. The third kappa shape index (κ3) is 4.86. The molecule has 0 bridgehead atoms. The van der Waals surface area contributed by atoms with E-state index in [-0.39, 0.29) is 17.7 Å². The van der Waals surface area contributed by atoms with Crippen molar-refractivity contribution < 1.29 is 28.7 Å². The number of imide groups is 1. The molecular formula is C24H26N4O6. The van der Waals surface area contributed by atoms with Gasteiger partial charge in [-0.1, -0.05) is 18.2 Å². The van der Waals surface area contributed by atoms with Gasteiger partial charge in [-0.2, -0.15) is 0 Å². The molecule has 178 valence electrons. The lowest BCUT2D eigenvalue weighted by atomic mass is 10.0. The smallest absolute Gasteiger partial charge is 0.322 e. The maximum atomic E-state index is 12.3. The summed E-state index contributed by atoms with van der Waals surface area (Å²) in [6, 6.07) is 11.1. The van der Waals surface area contributed by atoms with Gasteiger partial charge in [0.25, 0.3) is 17.7 Å². The number of urea groups is 1. The van der Waals surface area contributed by atoms with Gasteiger partial charge >= 0.3 is 6.03 Å². The number of hydrogen-bond acceptors (Lipinski definition) is 6. The lowest BCUT2D eigenvalue weighted by Crippen LogP contribution is -2.40. The predicted octanol–water partition coefficient (Wildman–Crippen LogP) is 1.32. The summed E-state index contributed by atoms with van der Waals surface area (Å²) in [5.74, 6) is 0.383. The van der Waals surface area contributed by atoms with Crippen LogP contribution >= 0.6 is 0 Å². The summed E-state index contributed by atoms with van der Waals surface area (Å²) in [4.78, 5) is 49.9. The first-order valence-electron chi connectivity index (χ1n) is 10.9. The highest BCUT2D eigenvalue weighted by atomic mass is 16.5. The Labute approximate surface area is 196 Å². The molecule has 3 aliphatic rings. The van der Waals surface area contributed by atoms with Gasteiger partial charge in [-0.05, 0) is 35.4 Å². The maximum absolute atomic E-state index is 12.3. The number of benzene rings is 2. The normalized spacial score (nSPS) is 19.1. The fourth-order valence-corrected chi connectivity index (χ4v) is 3.97. The molecule has 2 N–H and O–H groups in total. The van der Waals surface area contributed by atoms with Gasteiger partial charge in [-0.3, -0.25) is 19.7 Å². The van der Waals surface area contributed by atoms with E-state index in [1.54, 1.807) is 54.3 Å². The lowest BCUT2D eigenvalue weighted by molar-refractivity contribution is -0.120. The number of methoxy groups -OCH3 is 1. The number of rotatable bonds is 3. The first-order chi connectivity index (χ1) is 16.4. The predicted molar refractivity (Wildman–Crippen MR) is 121 cm³/mol. The molecular weight excluding hydrogens is 440 g/mol. The summed E-state index contributed by atoms with van der Waals surface area (Å²) >= 11 is 0. The van der Waals surface area contributed by atoms with E-state index >= 15 is 0 Å². The molecule has 10 heteroatoms. The molecule has 10 nitrogen and oxygen atoms in total. The number of nitrogens with one attached hydrogen (secondary N) is 2. The van der Waals surface area contributed by atoms with Gasteiger partial charge < -0.3 is 24.6 Å². The molecule has 5 rings (SSSR count). The Balaban J connectivity index is 0.000000180. The van der Waals surface area contributed by atoms with Crippen molar-refractivity contribution in [1.29, 1.82) is 0 Å². The molecule has 2 aromatic rings. The van der Waals surface area contributed by atoms with Gasteiger partial charge in [0, 0.05) is 37.8 Å². The SMILES string of the molecule is COc1ccc2c(c1)C(=O)N(C)C2.O=C1NC(=O)C(c2ccc(C(=O)N3CCOCC3)cc2)N1. The fraction of sp³-hybridized carbons (Fsp3) is 0.333. The van der Waals surface area contributed by atoms with Crippen molar-refractivity contribution in [2.24, 2.45) is 0 Å². The van der Waals surface area contributed by atoms with Crippen molar-refractivity contribution in [3.63, 3.8) is 0 Å². The molecule has 2 saturated heterocycles. The second-order valence-electron chi connectivity index (χ2n) is 8.11. The third-order valence-electron chi connectivity index (χ3n) is 5.87. The summed E-state index contributed by atoms with van der Waals surface area (Å²) in [7, 11) is 3.40. The average Bonchev–Trinajstić information content (AvgIpc) is 3.36. The van der Waals surface area contributed by atoms with E-state index in [1.807, 2.05) is 12.1 Å². The second kappa shape index (κ2) is 9.92. The quantitative estimate of drug-likeness (QED) is 0.659. The van der Waals surface area contributed by atoms with Gasteiger partial charge in [-0.15, -0.1) is 0 Å². The fourth-order valence-electron chi connectivity index (χ4n) is 3.97. The van der Waals surface area contributed by atoms with E-state index in [0.29, 0.717) is 44.0 Å². The maximum Gasteiger partial charge on any atom is 0.322 e. The third-order valence-corrected chi connectivity index (χ3v) is 5.87. The summed E-state index contributed by atoms with van der Waals surface area (Å²) in [6.07, 6.45) is 0. The van der Waals surface area contributed by atoms with Crippen molar-refractivity contribution in [2.45, 2.75) is 12.6 Å². The number of ether oxygens (including phenoxy) is 2. The van der Waals surface area contributed by atoms with Crippen LogP contribution in [0.2, 0.25) is 0 Å². The van der Waals surface area contributed by atoms with E-state index in [0.717, 1.165) is 16.9 Å². The number of carbonyl (C=O) groups excluding carboxylic acids is 4. The molecule has 0 aromatic heterocycles. The van der Waals surface area contributed by atoms with E-state index < -0.39 is 12.1 Å². The van der Waals surface area contributed by atoms with E-state index in [1.165, 1.54) is 0 Å². The summed E-state index contributed by atoms with van der Waals surface area (Å²) in [5.41, 5.74) is 3.05. The lowest BCUT2D eigenvalue weighted by Gasteiger charge is -2.26. The zero-order valence-electron chi connectivity index (χ0n) is 19.0. The Bertz CT molecular complexity index is 1110. The summed E-state index contributed by atoms with van der Waals surface area (Å²) in [6.45, 7) is 2.98. The Morgan fingerprint density at radius 1 is 1.06 bits per heavy atom. The second-order valence-corrected chi connectivity index (χ2v) is 8.11. The molecule has 0 radical (unpaired) electrons. The first-order valence-corrected chi connectivity index (χ1v) is 10.9. The van der Waals surface area contributed by atoms with Crippen LogP contribution in [0.15, 0.2) is 42.5 Å². The minimum absolute atomic E-state index is 0.0511. The van der Waals surface area contributed by atoms with Gasteiger partial charge in [0.05, 0.1) is 20.3 Å².